The van der Waals surface area contributed by atoms with Crippen LogP contribution in [0.2, 0.25) is 0 Å². The van der Waals surface area contributed by atoms with Gasteiger partial charge in [-0.25, -0.2) is 9.97 Å². The minimum Gasteiger partial charge on any atom is -0.341 e. The molecular weight excluding hydrogens is 438 g/mol. The average Bonchev–Trinajstić information content (AvgIpc) is 3.40. The SMILES string of the molecule is O=CPc1nc2c([nH]1)CCc1cc3cc(-c4ccc5nc(PC=O)[nH]c5c4)ccc3cc1-2. The highest BCUT2D eigenvalue weighted by Crippen LogP contribution is 2.36. The Kier molecular flexibility index (Phi) is 4.71. The van der Waals surface area contributed by atoms with Crippen LogP contribution < -0.4 is 11.1 Å². The Morgan fingerprint density at radius 1 is 0.781 bits per heavy atom. The van der Waals surface area contributed by atoms with E-state index in [9.17, 15) is 9.59 Å². The lowest BCUT2D eigenvalue weighted by Gasteiger charge is -2.16. The van der Waals surface area contributed by atoms with E-state index in [1.807, 2.05) is 6.07 Å². The number of aryl methyl sites for hydroxylation is 2. The number of nitrogens with zero attached hydrogens (tertiary/aromatic N) is 2. The smallest absolute Gasteiger partial charge is 0.146 e. The van der Waals surface area contributed by atoms with Gasteiger partial charge in [0.1, 0.15) is 23.2 Å². The number of rotatable bonds is 5. The van der Waals surface area contributed by atoms with Gasteiger partial charge in [-0.05, 0) is 64.6 Å². The highest BCUT2D eigenvalue weighted by atomic mass is 31.1. The zero-order valence-corrected chi connectivity index (χ0v) is 18.9. The number of imidazole rings is 2. The van der Waals surface area contributed by atoms with Gasteiger partial charge in [-0.1, -0.05) is 24.3 Å². The van der Waals surface area contributed by atoms with Crippen molar-refractivity contribution in [3.63, 3.8) is 0 Å². The average molecular weight is 456 g/mol. The summed E-state index contributed by atoms with van der Waals surface area (Å²) in [4.78, 5) is 37.4. The van der Waals surface area contributed by atoms with Gasteiger partial charge >= 0.3 is 0 Å². The van der Waals surface area contributed by atoms with Crippen LogP contribution in [0.15, 0.2) is 48.5 Å². The molecule has 2 atom stereocenters. The molecule has 0 saturated carbocycles. The maximum atomic E-state index is 10.9. The van der Waals surface area contributed by atoms with Crippen LogP contribution in [0.4, 0.5) is 0 Å². The highest BCUT2D eigenvalue weighted by molar-refractivity contribution is 7.62. The summed E-state index contributed by atoms with van der Waals surface area (Å²) >= 11 is 0. The Hall–Kier alpha value is -3.20. The molecule has 2 aromatic heterocycles. The Labute approximate surface area is 186 Å². The van der Waals surface area contributed by atoms with Crippen LogP contribution in [-0.4, -0.2) is 32.0 Å². The maximum absolute atomic E-state index is 10.9. The van der Waals surface area contributed by atoms with E-state index in [2.05, 4.69) is 57.4 Å². The third-order valence-electron chi connectivity index (χ3n) is 5.95. The van der Waals surface area contributed by atoms with Gasteiger partial charge in [0.25, 0.3) is 0 Å². The van der Waals surface area contributed by atoms with E-state index in [1.165, 1.54) is 16.3 Å². The molecule has 0 amide bonds. The summed E-state index contributed by atoms with van der Waals surface area (Å²) in [6.45, 7) is 0. The van der Waals surface area contributed by atoms with Crippen LogP contribution in [-0.2, 0) is 22.4 Å². The van der Waals surface area contributed by atoms with E-state index >= 15 is 0 Å². The first-order valence-electron chi connectivity index (χ1n) is 10.3. The van der Waals surface area contributed by atoms with Gasteiger partial charge in [0.2, 0.25) is 0 Å². The topological polar surface area (TPSA) is 91.5 Å². The number of H-pyrrole nitrogens is 2. The third kappa shape index (κ3) is 3.28. The number of nitrogens with one attached hydrogen (secondary N) is 2. The Morgan fingerprint density at radius 2 is 1.56 bits per heavy atom. The maximum Gasteiger partial charge on any atom is 0.146 e. The number of hydrogen-bond acceptors (Lipinski definition) is 4. The van der Waals surface area contributed by atoms with E-state index in [0.29, 0.717) is 5.57 Å². The molecule has 0 spiro atoms. The molecular formula is C24H18N4O2P2. The van der Waals surface area contributed by atoms with Crippen molar-refractivity contribution in [2.75, 3.05) is 0 Å². The fourth-order valence-corrected chi connectivity index (χ4v) is 5.48. The number of benzene rings is 3. The van der Waals surface area contributed by atoms with Crippen molar-refractivity contribution in [2.45, 2.75) is 12.8 Å². The molecule has 0 fully saturated rings. The second-order valence-corrected chi connectivity index (χ2v) is 9.82. The third-order valence-corrected chi connectivity index (χ3v) is 7.20. The molecule has 156 valence electrons. The molecule has 6 nitrogen and oxygen atoms in total. The molecule has 6 rings (SSSR count). The minimum atomic E-state index is 0.0402. The normalized spacial score (nSPS) is 13.4. The van der Waals surface area contributed by atoms with Crippen LogP contribution in [0.25, 0.3) is 44.2 Å². The number of hydrogen-bond donors (Lipinski definition) is 2. The number of fused-ring (bicyclic) bond motifs is 5. The Morgan fingerprint density at radius 3 is 2.41 bits per heavy atom. The summed E-state index contributed by atoms with van der Waals surface area (Å²) in [5, 5.41) is 2.36. The van der Waals surface area contributed by atoms with Crippen LogP contribution in [0, 0.1) is 0 Å². The van der Waals surface area contributed by atoms with Crippen LogP contribution in [0.1, 0.15) is 11.3 Å². The molecule has 5 aromatic rings. The molecule has 0 bridgehead atoms. The fourth-order valence-electron chi connectivity index (χ4n) is 4.46. The Balaban J connectivity index is 1.41. The fraction of sp³-hybridized carbons (Fsp3) is 0.0833. The van der Waals surface area contributed by atoms with Gasteiger partial charge in [-0.2, -0.15) is 0 Å². The van der Waals surface area contributed by atoms with Crippen molar-refractivity contribution in [3.05, 3.63) is 59.8 Å². The summed E-state index contributed by atoms with van der Waals surface area (Å²) in [7, 11) is 0.102. The number of carbonyl (C=O) groups excluding carboxylic acids is 2. The molecule has 3 aromatic carbocycles. The molecule has 32 heavy (non-hydrogen) atoms. The summed E-state index contributed by atoms with van der Waals surface area (Å²) in [6.07, 6.45) is 1.86. The zero-order valence-electron chi connectivity index (χ0n) is 16.9. The molecule has 0 saturated heterocycles. The second kappa shape index (κ2) is 7.74. The lowest BCUT2D eigenvalue weighted by molar-refractivity contribution is 0.569. The highest BCUT2D eigenvalue weighted by Gasteiger charge is 2.21. The molecule has 0 radical (unpaired) electrons. The summed E-state index contributed by atoms with van der Waals surface area (Å²) in [5.74, 6) is 0. The molecule has 8 heteroatoms. The number of carbonyl (C=O) groups is 2. The predicted octanol–water partition coefficient (Wildman–Crippen LogP) is 3.86. The van der Waals surface area contributed by atoms with Gasteiger partial charge in [0.05, 0.1) is 16.7 Å². The summed E-state index contributed by atoms with van der Waals surface area (Å²) in [5.41, 5.74) is 10.1. The standard InChI is InChI=1S/C24H18N4O2P2/c29-11-31-23-25-19-5-3-15(10-21(19)27-23)13-1-2-14-9-18-16(8-17(14)7-13)4-6-20-22(18)28-24(26-20)32-12-30/h1-3,5,7-12,31-32H,4,6H2,(H,25,27)(H,26,28). The van der Waals surface area contributed by atoms with E-state index in [0.717, 1.165) is 69.6 Å². The summed E-state index contributed by atoms with van der Waals surface area (Å²) < 4.78 is 0. The lowest BCUT2D eigenvalue weighted by atomic mass is 9.89. The minimum absolute atomic E-state index is 0.0402. The molecule has 0 aliphatic heterocycles. The van der Waals surface area contributed by atoms with Crippen molar-refractivity contribution < 1.29 is 9.59 Å². The van der Waals surface area contributed by atoms with Crippen molar-refractivity contribution in [3.8, 4) is 22.4 Å². The number of aromatic nitrogens is 4. The van der Waals surface area contributed by atoms with Crippen molar-refractivity contribution in [2.24, 2.45) is 0 Å². The van der Waals surface area contributed by atoms with Gasteiger partial charge in [0, 0.05) is 28.4 Å². The van der Waals surface area contributed by atoms with Gasteiger partial charge in [-0.15, -0.1) is 0 Å². The van der Waals surface area contributed by atoms with Crippen molar-refractivity contribution >= 4 is 62.2 Å². The van der Waals surface area contributed by atoms with Crippen LogP contribution in [0.3, 0.4) is 0 Å². The summed E-state index contributed by atoms with van der Waals surface area (Å²) in [6, 6.07) is 18.9. The first kappa shape index (κ1) is 19.5. The quantitative estimate of drug-likeness (QED) is 0.310. The molecule has 2 N–H and O–H groups in total. The van der Waals surface area contributed by atoms with Crippen molar-refractivity contribution in [1.82, 2.24) is 19.9 Å². The monoisotopic (exact) mass is 456 g/mol. The van der Waals surface area contributed by atoms with E-state index in [4.69, 9.17) is 4.98 Å². The lowest BCUT2D eigenvalue weighted by Crippen LogP contribution is -2.03. The van der Waals surface area contributed by atoms with E-state index in [1.54, 1.807) is 0 Å². The van der Waals surface area contributed by atoms with Gasteiger partial charge in [0.15, 0.2) is 0 Å². The molecule has 2 heterocycles. The molecule has 1 aliphatic carbocycles. The van der Waals surface area contributed by atoms with Crippen LogP contribution >= 0.6 is 17.2 Å². The van der Waals surface area contributed by atoms with E-state index < -0.39 is 0 Å². The first-order chi connectivity index (χ1) is 15.7. The van der Waals surface area contributed by atoms with Gasteiger partial charge < -0.3 is 9.97 Å². The Bertz CT molecular complexity index is 1540. The second-order valence-electron chi connectivity index (χ2n) is 7.83. The van der Waals surface area contributed by atoms with E-state index in [-0.39, 0.29) is 17.2 Å². The van der Waals surface area contributed by atoms with Crippen molar-refractivity contribution in [1.29, 1.82) is 0 Å². The largest absolute Gasteiger partial charge is 0.341 e. The first-order valence-corrected chi connectivity index (χ1v) is 12.4. The zero-order chi connectivity index (χ0) is 21.7. The predicted molar refractivity (Wildman–Crippen MR) is 133 cm³/mol. The molecule has 2 unspecified atom stereocenters. The van der Waals surface area contributed by atoms with Gasteiger partial charge in [-0.3, -0.25) is 9.59 Å². The molecule has 1 aliphatic rings. The van der Waals surface area contributed by atoms with Crippen LogP contribution in [0.5, 0.6) is 0 Å². The number of aromatic amines is 2.